The summed E-state index contributed by atoms with van der Waals surface area (Å²) in [4.78, 5) is 1.31. The number of nitrogens with one attached hydrogen (secondary N) is 1. The van der Waals surface area contributed by atoms with Crippen molar-refractivity contribution in [3.63, 3.8) is 0 Å². The number of thioether (sulfide) groups is 1. The topological polar surface area (TPSA) is 12.0 Å². The molecule has 0 radical (unpaired) electrons. The van der Waals surface area contributed by atoms with E-state index in [1.165, 1.54) is 16.1 Å². The lowest BCUT2D eigenvalue weighted by molar-refractivity contribution is 0.706. The first-order valence-corrected chi connectivity index (χ1v) is 7.95. The molecule has 0 fully saturated rings. The van der Waals surface area contributed by atoms with Crippen molar-refractivity contribution in [1.82, 2.24) is 0 Å². The molecule has 0 aliphatic rings. The Bertz CT molecular complexity index is 496. The van der Waals surface area contributed by atoms with Crippen LogP contribution < -0.4 is 5.32 Å². The molecule has 0 aromatic heterocycles. The fraction of sp³-hybridized carbons (Fsp3) is 0.294. The van der Waals surface area contributed by atoms with E-state index in [4.69, 9.17) is 0 Å². The van der Waals surface area contributed by atoms with Crippen LogP contribution in [0.5, 0.6) is 0 Å². The summed E-state index contributed by atoms with van der Waals surface area (Å²) in [6, 6.07) is 19.3. The minimum atomic E-state index is 0.595. The average molecular weight is 271 g/mol. The fourth-order valence-electron chi connectivity index (χ4n) is 2.11. The van der Waals surface area contributed by atoms with Crippen molar-refractivity contribution in [1.29, 1.82) is 0 Å². The van der Waals surface area contributed by atoms with E-state index >= 15 is 0 Å². The molecule has 0 heterocycles. The van der Waals surface area contributed by atoms with E-state index < -0.39 is 0 Å². The zero-order valence-electron chi connectivity index (χ0n) is 11.6. The standard InChI is InChI=1S/C17H21NS/c1-14(15-7-4-3-5-8-15)11-12-18-16-9-6-10-17(13-16)19-2/h3-10,13-14,18H,11-12H2,1-2H3. The highest BCUT2D eigenvalue weighted by Gasteiger charge is 2.04. The zero-order valence-corrected chi connectivity index (χ0v) is 12.4. The largest absolute Gasteiger partial charge is 0.385 e. The van der Waals surface area contributed by atoms with Gasteiger partial charge in [-0.15, -0.1) is 11.8 Å². The van der Waals surface area contributed by atoms with Crippen LogP contribution in [-0.4, -0.2) is 12.8 Å². The third kappa shape index (κ3) is 4.32. The quantitative estimate of drug-likeness (QED) is 0.741. The smallest absolute Gasteiger partial charge is 0.0351 e. The molecular formula is C17H21NS. The Morgan fingerprint density at radius 3 is 2.58 bits per heavy atom. The number of anilines is 1. The van der Waals surface area contributed by atoms with Gasteiger partial charge in [-0.25, -0.2) is 0 Å². The second-order valence-electron chi connectivity index (χ2n) is 4.76. The molecule has 1 atom stereocenters. The molecule has 0 bridgehead atoms. The molecule has 0 saturated heterocycles. The summed E-state index contributed by atoms with van der Waals surface area (Å²) in [7, 11) is 0. The summed E-state index contributed by atoms with van der Waals surface area (Å²) >= 11 is 1.78. The van der Waals surface area contributed by atoms with Crippen LogP contribution in [0.4, 0.5) is 5.69 Å². The van der Waals surface area contributed by atoms with Crippen LogP contribution in [0.15, 0.2) is 59.5 Å². The van der Waals surface area contributed by atoms with Gasteiger partial charge in [0.05, 0.1) is 0 Å². The molecule has 0 aliphatic heterocycles. The number of hydrogen-bond donors (Lipinski definition) is 1. The molecule has 19 heavy (non-hydrogen) atoms. The van der Waals surface area contributed by atoms with Gasteiger partial charge < -0.3 is 5.32 Å². The summed E-state index contributed by atoms with van der Waals surface area (Å²) < 4.78 is 0. The van der Waals surface area contributed by atoms with Crippen molar-refractivity contribution in [2.75, 3.05) is 18.1 Å². The highest BCUT2D eigenvalue weighted by molar-refractivity contribution is 7.98. The molecule has 100 valence electrons. The summed E-state index contributed by atoms with van der Waals surface area (Å²) in [5, 5.41) is 3.51. The third-order valence-corrected chi connectivity index (χ3v) is 4.07. The molecule has 2 rings (SSSR count). The maximum Gasteiger partial charge on any atom is 0.0351 e. The van der Waals surface area contributed by atoms with E-state index in [-0.39, 0.29) is 0 Å². The fourth-order valence-corrected chi connectivity index (χ4v) is 2.57. The highest BCUT2D eigenvalue weighted by atomic mass is 32.2. The molecule has 1 unspecified atom stereocenters. The predicted octanol–water partition coefficient (Wildman–Crippen LogP) is 5.01. The minimum Gasteiger partial charge on any atom is -0.385 e. The lowest BCUT2D eigenvalue weighted by Crippen LogP contribution is -2.05. The van der Waals surface area contributed by atoms with Crippen LogP contribution >= 0.6 is 11.8 Å². The van der Waals surface area contributed by atoms with Gasteiger partial charge in [0, 0.05) is 17.1 Å². The van der Waals surface area contributed by atoms with Crippen LogP contribution in [-0.2, 0) is 0 Å². The Labute approximate surface area is 120 Å². The summed E-state index contributed by atoms with van der Waals surface area (Å²) in [6.45, 7) is 3.29. The molecule has 2 aromatic rings. The predicted molar refractivity (Wildman–Crippen MR) is 86.2 cm³/mol. The number of rotatable bonds is 6. The van der Waals surface area contributed by atoms with Crippen molar-refractivity contribution in [2.45, 2.75) is 24.2 Å². The first-order valence-electron chi connectivity index (χ1n) is 6.72. The molecule has 1 nitrogen and oxygen atoms in total. The van der Waals surface area contributed by atoms with E-state index in [0.717, 1.165) is 13.0 Å². The molecule has 0 amide bonds. The van der Waals surface area contributed by atoms with Gasteiger partial charge >= 0.3 is 0 Å². The highest BCUT2D eigenvalue weighted by Crippen LogP contribution is 2.21. The van der Waals surface area contributed by atoms with Gasteiger partial charge in [0.1, 0.15) is 0 Å². The molecule has 2 heteroatoms. The first kappa shape index (κ1) is 14.0. The second-order valence-corrected chi connectivity index (χ2v) is 5.64. The number of hydrogen-bond acceptors (Lipinski definition) is 2. The summed E-state index contributed by atoms with van der Waals surface area (Å²) in [5.41, 5.74) is 2.63. The molecule has 0 spiro atoms. The normalized spacial score (nSPS) is 12.1. The van der Waals surface area contributed by atoms with E-state index in [1.54, 1.807) is 11.8 Å². The van der Waals surface area contributed by atoms with Gasteiger partial charge in [-0.3, -0.25) is 0 Å². The van der Waals surface area contributed by atoms with E-state index in [0.29, 0.717) is 5.92 Å². The van der Waals surface area contributed by atoms with Crippen LogP contribution in [0.1, 0.15) is 24.8 Å². The second kappa shape index (κ2) is 7.25. The van der Waals surface area contributed by atoms with Gasteiger partial charge in [0.25, 0.3) is 0 Å². The monoisotopic (exact) mass is 271 g/mol. The summed E-state index contributed by atoms with van der Waals surface area (Å²) in [5.74, 6) is 0.595. The summed E-state index contributed by atoms with van der Waals surface area (Å²) in [6.07, 6.45) is 3.25. The Morgan fingerprint density at radius 2 is 1.84 bits per heavy atom. The SMILES string of the molecule is CSc1cccc(NCCC(C)c2ccccc2)c1. The molecule has 1 N–H and O–H groups in total. The number of benzene rings is 2. The van der Waals surface area contributed by atoms with Crippen molar-refractivity contribution in [2.24, 2.45) is 0 Å². The van der Waals surface area contributed by atoms with Crippen LogP contribution in [0.25, 0.3) is 0 Å². The van der Waals surface area contributed by atoms with Crippen molar-refractivity contribution in [3.8, 4) is 0 Å². The van der Waals surface area contributed by atoms with Gasteiger partial charge in [-0.1, -0.05) is 43.3 Å². The zero-order chi connectivity index (χ0) is 13.5. The molecule has 0 saturated carbocycles. The minimum absolute atomic E-state index is 0.595. The van der Waals surface area contributed by atoms with E-state index in [2.05, 4.69) is 73.1 Å². The molecule has 2 aromatic carbocycles. The molecule has 0 aliphatic carbocycles. The van der Waals surface area contributed by atoms with Crippen molar-refractivity contribution < 1.29 is 0 Å². The van der Waals surface area contributed by atoms with Crippen LogP contribution in [0.2, 0.25) is 0 Å². The van der Waals surface area contributed by atoms with Gasteiger partial charge in [-0.2, -0.15) is 0 Å². The maximum absolute atomic E-state index is 3.51. The Balaban J connectivity index is 1.83. The lowest BCUT2D eigenvalue weighted by Gasteiger charge is -2.13. The Morgan fingerprint density at radius 1 is 1.05 bits per heavy atom. The van der Waals surface area contributed by atoms with Gasteiger partial charge in [-0.05, 0) is 42.4 Å². The van der Waals surface area contributed by atoms with Crippen molar-refractivity contribution >= 4 is 17.4 Å². The van der Waals surface area contributed by atoms with Crippen molar-refractivity contribution in [3.05, 3.63) is 60.2 Å². The van der Waals surface area contributed by atoms with Crippen LogP contribution in [0, 0.1) is 0 Å². The third-order valence-electron chi connectivity index (χ3n) is 3.34. The average Bonchev–Trinajstić information content (AvgIpc) is 2.48. The maximum atomic E-state index is 3.51. The van der Waals surface area contributed by atoms with Crippen LogP contribution in [0.3, 0.4) is 0 Å². The van der Waals surface area contributed by atoms with Gasteiger partial charge in [0.2, 0.25) is 0 Å². The molecular weight excluding hydrogens is 250 g/mol. The van der Waals surface area contributed by atoms with E-state index in [1.807, 2.05) is 0 Å². The van der Waals surface area contributed by atoms with E-state index in [9.17, 15) is 0 Å². The first-order chi connectivity index (χ1) is 9.29. The van der Waals surface area contributed by atoms with Gasteiger partial charge in [0.15, 0.2) is 0 Å². The Hall–Kier alpha value is -1.41. The lowest BCUT2D eigenvalue weighted by atomic mass is 9.98. The Kier molecular flexibility index (Phi) is 5.34.